The number of hydrogen-bond donors (Lipinski definition) is 1. The molecule has 0 radical (unpaired) electrons. The van der Waals surface area contributed by atoms with E-state index < -0.39 is 12.1 Å². The second kappa shape index (κ2) is 7.58. The predicted molar refractivity (Wildman–Crippen MR) is 90.5 cm³/mol. The topological polar surface area (TPSA) is 55.4 Å². The van der Waals surface area contributed by atoms with Crippen LogP contribution >= 0.6 is 0 Å². The first-order valence-electron chi connectivity index (χ1n) is 7.67. The molecule has 0 saturated carbocycles. The molecule has 1 atom stereocenters. The van der Waals surface area contributed by atoms with Crippen LogP contribution in [-0.4, -0.2) is 18.0 Å². The van der Waals surface area contributed by atoms with Crippen LogP contribution < -0.4 is 5.32 Å². The zero-order chi connectivity index (χ0) is 16.8. The van der Waals surface area contributed by atoms with Crippen LogP contribution in [0.5, 0.6) is 0 Å². The maximum absolute atomic E-state index is 12.1. The number of carbonyl (C=O) groups is 2. The van der Waals surface area contributed by atoms with Crippen molar-refractivity contribution in [3.63, 3.8) is 0 Å². The van der Waals surface area contributed by atoms with Crippen molar-refractivity contribution in [2.75, 3.05) is 5.32 Å². The number of benzene rings is 2. The molecule has 1 N–H and O–H groups in total. The van der Waals surface area contributed by atoms with Gasteiger partial charge in [0.15, 0.2) is 6.10 Å². The van der Waals surface area contributed by atoms with E-state index in [4.69, 9.17) is 4.74 Å². The molecule has 2 aromatic rings. The van der Waals surface area contributed by atoms with Crippen LogP contribution in [0.4, 0.5) is 5.69 Å². The van der Waals surface area contributed by atoms with Gasteiger partial charge in [-0.3, -0.25) is 4.79 Å². The lowest BCUT2D eigenvalue weighted by atomic mass is 10.1. The van der Waals surface area contributed by atoms with Crippen LogP contribution in [0.3, 0.4) is 0 Å². The van der Waals surface area contributed by atoms with Crippen LogP contribution in [-0.2, 0) is 16.0 Å². The Morgan fingerprint density at radius 3 is 2.43 bits per heavy atom. The predicted octanol–water partition coefficient (Wildman–Crippen LogP) is 3.74. The van der Waals surface area contributed by atoms with Gasteiger partial charge in [0.05, 0.1) is 5.56 Å². The van der Waals surface area contributed by atoms with Crippen LogP contribution in [0.15, 0.2) is 48.5 Å². The Balaban J connectivity index is 1.95. The lowest BCUT2D eigenvalue weighted by Gasteiger charge is -2.14. The Morgan fingerprint density at radius 1 is 1.13 bits per heavy atom. The molecule has 0 aliphatic rings. The third kappa shape index (κ3) is 4.68. The number of amides is 1. The Kier molecular flexibility index (Phi) is 5.52. The van der Waals surface area contributed by atoms with Gasteiger partial charge in [-0.05, 0) is 50.1 Å². The maximum Gasteiger partial charge on any atom is 0.338 e. The van der Waals surface area contributed by atoms with Gasteiger partial charge in [-0.15, -0.1) is 0 Å². The van der Waals surface area contributed by atoms with Gasteiger partial charge in [0.2, 0.25) is 0 Å². The molecule has 0 aromatic heterocycles. The largest absolute Gasteiger partial charge is 0.449 e. The molecule has 2 rings (SSSR count). The number of aryl methyl sites for hydroxylation is 2. The molecule has 0 fully saturated rings. The quantitative estimate of drug-likeness (QED) is 0.856. The highest BCUT2D eigenvalue weighted by atomic mass is 16.5. The molecule has 0 heterocycles. The summed E-state index contributed by atoms with van der Waals surface area (Å²) in [6.45, 7) is 5.52. The van der Waals surface area contributed by atoms with E-state index in [0.29, 0.717) is 11.3 Å². The standard InChI is InChI=1S/C19H21NO3/c1-4-15-8-10-17(11-9-15)20-18(21)14(3)23-19(22)16-7-5-6-13(2)12-16/h5-12,14H,4H2,1-3H3,(H,20,21)/t14-/m0/s1. The number of nitrogens with one attached hydrogen (secondary N) is 1. The van der Waals surface area contributed by atoms with E-state index in [1.54, 1.807) is 25.1 Å². The highest BCUT2D eigenvalue weighted by molar-refractivity contribution is 5.97. The molecule has 4 heteroatoms. The monoisotopic (exact) mass is 311 g/mol. The first-order chi connectivity index (χ1) is 11.0. The average molecular weight is 311 g/mol. The van der Waals surface area contributed by atoms with Crippen molar-refractivity contribution in [3.8, 4) is 0 Å². The normalized spacial score (nSPS) is 11.6. The number of ether oxygens (including phenoxy) is 1. The summed E-state index contributed by atoms with van der Waals surface area (Å²) in [7, 11) is 0. The molecule has 0 bridgehead atoms. The third-order valence-electron chi connectivity index (χ3n) is 3.54. The Morgan fingerprint density at radius 2 is 1.83 bits per heavy atom. The van der Waals surface area contributed by atoms with Crippen LogP contribution in [0.1, 0.15) is 35.3 Å². The Labute approximate surface area is 136 Å². The van der Waals surface area contributed by atoms with Gasteiger partial charge in [0, 0.05) is 5.69 Å². The van der Waals surface area contributed by atoms with Gasteiger partial charge in [-0.25, -0.2) is 4.79 Å². The fourth-order valence-electron chi connectivity index (χ4n) is 2.12. The zero-order valence-electron chi connectivity index (χ0n) is 13.6. The smallest absolute Gasteiger partial charge is 0.338 e. The number of carbonyl (C=O) groups excluding carboxylic acids is 2. The van der Waals surface area contributed by atoms with Gasteiger partial charge < -0.3 is 10.1 Å². The van der Waals surface area contributed by atoms with Gasteiger partial charge >= 0.3 is 5.97 Å². The Bertz CT molecular complexity index is 692. The first-order valence-corrected chi connectivity index (χ1v) is 7.67. The molecule has 0 aliphatic carbocycles. The van der Waals surface area contributed by atoms with Crippen molar-refractivity contribution < 1.29 is 14.3 Å². The lowest BCUT2D eigenvalue weighted by molar-refractivity contribution is -0.123. The van der Waals surface area contributed by atoms with Crippen molar-refractivity contribution in [2.45, 2.75) is 33.3 Å². The molecule has 120 valence electrons. The molecule has 0 spiro atoms. The van der Waals surface area contributed by atoms with Gasteiger partial charge in [-0.1, -0.05) is 36.8 Å². The minimum absolute atomic E-state index is 0.352. The van der Waals surface area contributed by atoms with E-state index in [-0.39, 0.29) is 5.91 Å². The number of rotatable bonds is 5. The highest BCUT2D eigenvalue weighted by Gasteiger charge is 2.19. The summed E-state index contributed by atoms with van der Waals surface area (Å²) < 4.78 is 5.22. The maximum atomic E-state index is 12.1. The van der Waals surface area contributed by atoms with Gasteiger partial charge in [0.1, 0.15) is 0 Å². The molecule has 4 nitrogen and oxygen atoms in total. The molecule has 2 aromatic carbocycles. The minimum atomic E-state index is -0.867. The van der Waals surface area contributed by atoms with E-state index in [1.807, 2.05) is 37.3 Å². The lowest BCUT2D eigenvalue weighted by Crippen LogP contribution is -2.30. The third-order valence-corrected chi connectivity index (χ3v) is 3.54. The molecule has 0 saturated heterocycles. The summed E-state index contributed by atoms with van der Waals surface area (Å²) in [5, 5.41) is 2.75. The van der Waals surface area contributed by atoms with E-state index in [2.05, 4.69) is 12.2 Å². The summed E-state index contributed by atoms with van der Waals surface area (Å²) in [5.74, 6) is -0.854. The average Bonchev–Trinajstić information content (AvgIpc) is 2.55. The molecule has 0 aliphatic heterocycles. The van der Waals surface area contributed by atoms with E-state index in [1.165, 1.54) is 5.56 Å². The van der Waals surface area contributed by atoms with E-state index in [0.717, 1.165) is 12.0 Å². The van der Waals surface area contributed by atoms with E-state index in [9.17, 15) is 9.59 Å². The van der Waals surface area contributed by atoms with Crippen molar-refractivity contribution in [2.24, 2.45) is 0 Å². The number of esters is 1. The minimum Gasteiger partial charge on any atom is -0.449 e. The molecular formula is C19H21NO3. The van der Waals surface area contributed by atoms with Crippen molar-refractivity contribution in [3.05, 3.63) is 65.2 Å². The van der Waals surface area contributed by atoms with Crippen LogP contribution in [0, 0.1) is 6.92 Å². The zero-order valence-corrected chi connectivity index (χ0v) is 13.6. The SMILES string of the molecule is CCc1ccc(NC(=O)[C@H](C)OC(=O)c2cccc(C)c2)cc1. The van der Waals surface area contributed by atoms with Crippen LogP contribution in [0.2, 0.25) is 0 Å². The molecule has 23 heavy (non-hydrogen) atoms. The summed E-state index contributed by atoms with van der Waals surface area (Å²) in [6, 6.07) is 14.7. The fourth-order valence-corrected chi connectivity index (χ4v) is 2.12. The van der Waals surface area contributed by atoms with E-state index >= 15 is 0 Å². The molecule has 0 unspecified atom stereocenters. The molecular weight excluding hydrogens is 290 g/mol. The van der Waals surface area contributed by atoms with Crippen molar-refractivity contribution in [1.82, 2.24) is 0 Å². The number of anilines is 1. The van der Waals surface area contributed by atoms with Crippen molar-refractivity contribution >= 4 is 17.6 Å². The first kappa shape index (κ1) is 16.7. The number of hydrogen-bond acceptors (Lipinski definition) is 3. The van der Waals surface area contributed by atoms with Crippen molar-refractivity contribution in [1.29, 1.82) is 0 Å². The summed E-state index contributed by atoms with van der Waals surface area (Å²) in [4.78, 5) is 24.2. The summed E-state index contributed by atoms with van der Waals surface area (Å²) in [5.41, 5.74) is 3.29. The molecule has 1 amide bonds. The Hall–Kier alpha value is -2.62. The summed E-state index contributed by atoms with van der Waals surface area (Å²) >= 11 is 0. The fraction of sp³-hybridized carbons (Fsp3) is 0.263. The highest BCUT2D eigenvalue weighted by Crippen LogP contribution is 2.12. The van der Waals surface area contributed by atoms with Gasteiger partial charge in [0.25, 0.3) is 5.91 Å². The second-order valence-corrected chi connectivity index (χ2v) is 5.46. The van der Waals surface area contributed by atoms with Crippen LogP contribution in [0.25, 0.3) is 0 Å². The van der Waals surface area contributed by atoms with Gasteiger partial charge in [-0.2, -0.15) is 0 Å². The summed E-state index contributed by atoms with van der Waals surface area (Å²) in [6.07, 6.45) is 0.0764. The second-order valence-electron chi connectivity index (χ2n) is 5.46.